The topological polar surface area (TPSA) is 46.4 Å². The van der Waals surface area contributed by atoms with Crippen LogP contribution < -0.4 is 5.32 Å². The fourth-order valence-electron chi connectivity index (χ4n) is 2.94. The lowest BCUT2D eigenvalue weighted by atomic mass is 10.1. The van der Waals surface area contributed by atoms with E-state index in [1.807, 2.05) is 28.1 Å². The molecule has 6 heteroatoms. The lowest BCUT2D eigenvalue weighted by molar-refractivity contribution is -0.115. The third-order valence-corrected chi connectivity index (χ3v) is 5.52. The molecule has 0 aliphatic rings. The van der Waals surface area contributed by atoms with E-state index in [0.29, 0.717) is 10.7 Å². The van der Waals surface area contributed by atoms with Gasteiger partial charge in [0.15, 0.2) is 4.96 Å². The summed E-state index contributed by atoms with van der Waals surface area (Å²) in [5, 5.41) is 5.46. The number of benzene rings is 2. The first kappa shape index (κ1) is 17.8. The first-order valence-electron chi connectivity index (χ1n) is 8.72. The molecule has 4 nitrogen and oxygen atoms in total. The Morgan fingerprint density at radius 1 is 1.22 bits per heavy atom. The maximum Gasteiger partial charge on any atom is 0.230 e. The molecule has 2 heterocycles. The fraction of sp³-hybridized carbons (Fsp3) is 0.143. The normalized spacial score (nSPS) is 11.0. The molecular weight excluding hydrogens is 378 g/mol. The van der Waals surface area contributed by atoms with Crippen molar-refractivity contribution in [3.05, 3.63) is 76.4 Å². The molecule has 0 saturated heterocycles. The van der Waals surface area contributed by atoms with Gasteiger partial charge in [-0.3, -0.25) is 9.20 Å². The van der Waals surface area contributed by atoms with Gasteiger partial charge < -0.3 is 5.32 Å². The van der Waals surface area contributed by atoms with E-state index >= 15 is 0 Å². The molecule has 2 aromatic heterocycles. The van der Waals surface area contributed by atoms with Crippen LogP contribution in [0.3, 0.4) is 0 Å². The van der Waals surface area contributed by atoms with E-state index < -0.39 is 0 Å². The molecule has 136 valence electrons. The Morgan fingerprint density at radius 2 is 2.04 bits per heavy atom. The zero-order valence-corrected chi connectivity index (χ0v) is 16.3. The summed E-state index contributed by atoms with van der Waals surface area (Å²) in [6.07, 6.45) is 3.29. The second kappa shape index (κ2) is 7.55. The summed E-state index contributed by atoms with van der Waals surface area (Å²) in [4.78, 5) is 18.0. The van der Waals surface area contributed by atoms with Crippen LogP contribution in [0.4, 0.5) is 5.69 Å². The van der Waals surface area contributed by atoms with Gasteiger partial charge in [0.1, 0.15) is 0 Å². The average molecular weight is 396 g/mol. The minimum absolute atomic E-state index is 0.0838. The number of carbonyl (C=O) groups is 1. The van der Waals surface area contributed by atoms with E-state index in [9.17, 15) is 4.79 Å². The molecule has 0 saturated carbocycles. The van der Waals surface area contributed by atoms with Gasteiger partial charge in [-0.2, -0.15) is 0 Å². The lowest BCUT2D eigenvalue weighted by Crippen LogP contribution is -2.15. The Kier molecular flexibility index (Phi) is 4.97. The fourth-order valence-corrected chi connectivity index (χ4v) is 4.01. The van der Waals surface area contributed by atoms with E-state index in [0.717, 1.165) is 28.3 Å². The number of nitrogens with one attached hydrogen (secondary N) is 1. The van der Waals surface area contributed by atoms with Gasteiger partial charge in [-0.05, 0) is 30.2 Å². The number of imidazole rings is 1. The van der Waals surface area contributed by atoms with Gasteiger partial charge in [0.2, 0.25) is 5.91 Å². The highest BCUT2D eigenvalue weighted by Gasteiger charge is 2.13. The van der Waals surface area contributed by atoms with E-state index in [1.54, 1.807) is 12.1 Å². The van der Waals surface area contributed by atoms with E-state index in [-0.39, 0.29) is 12.3 Å². The molecule has 1 N–H and O–H groups in total. The van der Waals surface area contributed by atoms with Crippen LogP contribution in [0, 0.1) is 0 Å². The van der Waals surface area contributed by atoms with Crippen LogP contribution in [0.5, 0.6) is 0 Å². The van der Waals surface area contributed by atoms with Crippen molar-refractivity contribution in [2.45, 2.75) is 19.8 Å². The van der Waals surface area contributed by atoms with Crippen molar-refractivity contribution in [2.75, 3.05) is 5.32 Å². The molecule has 4 rings (SSSR count). The number of carbonyl (C=O) groups excluding carboxylic acids is 1. The molecule has 0 unspecified atom stereocenters. The summed E-state index contributed by atoms with van der Waals surface area (Å²) in [5.74, 6) is -0.0838. The number of amides is 1. The summed E-state index contributed by atoms with van der Waals surface area (Å²) in [6, 6.07) is 15.6. The molecule has 0 aliphatic carbocycles. The summed E-state index contributed by atoms with van der Waals surface area (Å²) in [5.41, 5.74) is 4.91. The summed E-state index contributed by atoms with van der Waals surface area (Å²) >= 11 is 7.51. The predicted octanol–water partition coefficient (Wildman–Crippen LogP) is 5.46. The van der Waals surface area contributed by atoms with Crippen LogP contribution >= 0.6 is 22.9 Å². The van der Waals surface area contributed by atoms with Gasteiger partial charge >= 0.3 is 0 Å². The van der Waals surface area contributed by atoms with Crippen LogP contribution in [0.1, 0.15) is 18.2 Å². The molecule has 4 aromatic rings. The SMILES string of the molecule is CCc1ccc(-c2cn3c(CC(=O)Nc4cccc(Cl)c4)csc3n2)cc1. The zero-order valence-electron chi connectivity index (χ0n) is 14.8. The monoisotopic (exact) mass is 395 g/mol. The second-order valence-corrected chi connectivity index (χ2v) is 7.56. The van der Waals surface area contributed by atoms with E-state index in [2.05, 4.69) is 36.5 Å². The largest absolute Gasteiger partial charge is 0.326 e. The molecule has 1 amide bonds. The minimum atomic E-state index is -0.0838. The van der Waals surface area contributed by atoms with Gasteiger partial charge in [0.05, 0.1) is 12.1 Å². The van der Waals surface area contributed by atoms with Crippen LogP contribution in [-0.4, -0.2) is 15.3 Å². The lowest BCUT2D eigenvalue weighted by Gasteiger charge is -2.05. The number of aromatic nitrogens is 2. The average Bonchev–Trinajstić information content (AvgIpc) is 3.24. The van der Waals surface area contributed by atoms with Crippen LogP contribution in [0.25, 0.3) is 16.2 Å². The minimum Gasteiger partial charge on any atom is -0.326 e. The predicted molar refractivity (Wildman–Crippen MR) is 112 cm³/mol. The number of hydrogen-bond acceptors (Lipinski definition) is 3. The summed E-state index contributed by atoms with van der Waals surface area (Å²) in [7, 11) is 0. The molecule has 0 radical (unpaired) electrons. The van der Waals surface area contributed by atoms with E-state index in [4.69, 9.17) is 16.6 Å². The van der Waals surface area contributed by atoms with Gasteiger partial charge in [-0.25, -0.2) is 4.98 Å². The molecule has 0 fully saturated rings. The molecule has 27 heavy (non-hydrogen) atoms. The number of anilines is 1. The van der Waals surface area contributed by atoms with Crippen LogP contribution in [-0.2, 0) is 17.6 Å². The highest BCUT2D eigenvalue weighted by atomic mass is 35.5. The number of hydrogen-bond donors (Lipinski definition) is 1. The number of nitrogens with zero attached hydrogens (tertiary/aromatic N) is 2. The number of rotatable bonds is 5. The number of aryl methyl sites for hydroxylation is 1. The van der Waals surface area contributed by atoms with Crippen molar-refractivity contribution in [1.82, 2.24) is 9.38 Å². The Hall–Kier alpha value is -2.63. The van der Waals surface area contributed by atoms with Crippen molar-refractivity contribution in [1.29, 1.82) is 0 Å². The number of fused-ring (bicyclic) bond motifs is 1. The highest BCUT2D eigenvalue weighted by molar-refractivity contribution is 7.15. The Balaban J connectivity index is 1.54. The number of halogens is 1. The maximum atomic E-state index is 12.4. The molecule has 0 bridgehead atoms. The maximum absolute atomic E-state index is 12.4. The van der Waals surface area contributed by atoms with Crippen molar-refractivity contribution < 1.29 is 4.79 Å². The first-order chi connectivity index (χ1) is 13.1. The smallest absolute Gasteiger partial charge is 0.230 e. The third-order valence-electron chi connectivity index (χ3n) is 4.39. The van der Waals surface area contributed by atoms with Crippen molar-refractivity contribution >= 4 is 39.5 Å². The molecular formula is C21H18ClN3OS. The van der Waals surface area contributed by atoms with Gasteiger partial charge in [0, 0.05) is 33.5 Å². The zero-order chi connectivity index (χ0) is 18.8. The van der Waals surface area contributed by atoms with Crippen LogP contribution in [0.15, 0.2) is 60.1 Å². The number of thiazole rings is 1. The molecule has 0 aliphatic heterocycles. The standard InChI is InChI=1S/C21H18ClN3OS/c1-2-14-6-8-15(9-7-14)19-12-25-18(13-27-21(25)24-19)11-20(26)23-17-5-3-4-16(22)10-17/h3-10,12-13H,2,11H2,1H3,(H,23,26). The third kappa shape index (κ3) is 3.89. The molecule has 0 atom stereocenters. The summed E-state index contributed by atoms with van der Waals surface area (Å²) < 4.78 is 1.99. The second-order valence-electron chi connectivity index (χ2n) is 6.29. The van der Waals surface area contributed by atoms with Gasteiger partial charge in [-0.15, -0.1) is 11.3 Å². The Morgan fingerprint density at radius 3 is 2.78 bits per heavy atom. The highest BCUT2D eigenvalue weighted by Crippen LogP contribution is 2.24. The molecule has 0 spiro atoms. The van der Waals surface area contributed by atoms with Gasteiger partial charge in [0.25, 0.3) is 0 Å². The van der Waals surface area contributed by atoms with Crippen molar-refractivity contribution in [2.24, 2.45) is 0 Å². The van der Waals surface area contributed by atoms with Crippen molar-refractivity contribution in [3.63, 3.8) is 0 Å². The quantitative estimate of drug-likeness (QED) is 0.487. The van der Waals surface area contributed by atoms with E-state index in [1.165, 1.54) is 16.9 Å². The Labute approximate surface area is 166 Å². The summed E-state index contributed by atoms with van der Waals surface area (Å²) in [6.45, 7) is 2.14. The first-order valence-corrected chi connectivity index (χ1v) is 9.98. The molecule has 2 aromatic carbocycles. The van der Waals surface area contributed by atoms with Crippen molar-refractivity contribution in [3.8, 4) is 11.3 Å². The van der Waals surface area contributed by atoms with Gasteiger partial charge in [-0.1, -0.05) is 48.9 Å². The van der Waals surface area contributed by atoms with Crippen LogP contribution in [0.2, 0.25) is 5.02 Å². The Bertz CT molecular complexity index is 1100.